The zero-order valence-corrected chi connectivity index (χ0v) is 27.1. The second-order valence-electron chi connectivity index (χ2n) is 13.3. The molecule has 232 valence electrons. The van der Waals surface area contributed by atoms with Crippen molar-refractivity contribution < 1.29 is 18.7 Å². The number of nitrogens with zero attached hydrogens (tertiary/aromatic N) is 2. The first-order valence-electron chi connectivity index (χ1n) is 15.5. The third-order valence-corrected chi connectivity index (χ3v) is 8.08. The van der Waals surface area contributed by atoms with Crippen LogP contribution in [-0.2, 0) is 20.7 Å². The Morgan fingerprint density at radius 1 is 1.02 bits per heavy atom. The van der Waals surface area contributed by atoms with Crippen LogP contribution in [0.4, 0.5) is 15.8 Å². The molecular formula is C36H48FN3O3. The standard InChI is InChI=1S/C36H48FN3O3/c1-9-42-34(41)33(43-35(4,5)6)31-25(3)39-24(2)30(32(31)40-22-19-36(7,8)20-23-40)27-12-16-29(17-13-27)38-21-18-26-10-14-28(37)15-11-26/h10-17,33,38H,9,18-23H2,1-8H3/t33-/m0/s1. The number of rotatable bonds is 10. The molecule has 1 aliphatic rings. The maximum Gasteiger partial charge on any atom is 0.340 e. The van der Waals surface area contributed by atoms with Gasteiger partial charge in [0.05, 0.1) is 17.9 Å². The first-order chi connectivity index (χ1) is 20.3. The van der Waals surface area contributed by atoms with Crippen molar-refractivity contribution in [3.63, 3.8) is 0 Å². The normalized spacial score (nSPS) is 15.7. The average molecular weight is 590 g/mol. The molecule has 0 unspecified atom stereocenters. The molecule has 4 rings (SSSR count). The molecule has 1 fully saturated rings. The maximum atomic E-state index is 13.5. The highest BCUT2D eigenvalue weighted by Gasteiger charge is 2.37. The summed E-state index contributed by atoms with van der Waals surface area (Å²) in [5.41, 5.74) is 7.33. The van der Waals surface area contributed by atoms with Crippen LogP contribution in [0, 0.1) is 25.1 Å². The van der Waals surface area contributed by atoms with Gasteiger partial charge in [-0.1, -0.05) is 38.1 Å². The lowest BCUT2D eigenvalue weighted by atomic mass is 9.81. The number of pyridine rings is 1. The van der Waals surface area contributed by atoms with Crippen LogP contribution in [0.15, 0.2) is 48.5 Å². The van der Waals surface area contributed by atoms with E-state index in [0.29, 0.717) is 0 Å². The summed E-state index contributed by atoms with van der Waals surface area (Å²) in [6.45, 7) is 19.1. The lowest BCUT2D eigenvalue weighted by Gasteiger charge is -2.41. The van der Waals surface area contributed by atoms with Crippen molar-refractivity contribution in [3.8, 4) is 11.1 Å². The summed E-state index contributed by atoms with van der Waals surface area (Å²) in [6, 6.07) is 15.0. The maximum absolute atomic E-state index is 13.5. The molecule has 6 nitrogen and oxygen atoms in total. The van der Waals surface area contributed by atoms with E-state index in [0.717, 1.165) is 83.9 Å². The van der Waals surface area contributed by atoms with E-state index in [1.54, 1.807) is 0 Å². The number of hydrogen-bond acceptors (Lipinski definition) is 6. The minimum Gasteiger partial charge on any atom is -0.464 e. The predicted octanol–water partition coefficient (Wildman–Crippen LogP) is 8.20. The number of aryl methyl sites for hydroxylation is 2. The first kappa shape index (κ1) is 32.5. The summed E-state index contributed by atoms with van der Waals surface area (Å²) in [5.74, 6) is -0.612. The van der Waals surface area contributed by atoms with Gasteiger partial charge in [-0.3, -0.25) is 4.98 Å². The lowest BCUT2D eigenvalue weighted by Crippen LogP contribution is -2.39. The Morgan fingerprint density at radius 3 is 2.23 bits per heavy atom. The Labute approximate surface area is 257 Å². The fraction of sp³-hybridized carbons (Fsp3) is 0.500. The van der Waals surface area contributed by atoms with Crippen molar-refractivity contribution in [2.45, 2.75) is 86.4 Å². The molecule has 0 amide bonds. The van der Waals surface area contributed by atoms with E-state index in [-0.39, 0.29) is 17.8 Å². The smallest absolute Gasteiger partial charge is 0.340 e. The number of ether oxygens (including phenoxy) is 2. The minimum atomic E-state index is -0.899. The first-order valence-corrected chi connectivity index (χ1v) is 15.5. The van der Waals surface area contributed by atoms with E-state index < -0.39 is 17.7 Å². The molecule has 1 aromatic heterocycles. The number of carbonyl (C=O) groups is 1. The summed E-state index contributed by atoms with van der Waals surface area (Å²) in [5, 5.41) is 3.48. The third kappa shape index (κ3) is 8.35. The van der Waals surface area contributed by atoms with Crippen molar-refractivity contribution in [3.05, 3.63) is 76.9 Å². The number of nitrogens with one attached hydrogen (secondary N) is 1. The fourth-order valence-electron chi connectivity index (χ4n) is 5.72. The average Bonchev–Trinajstić information content (AvgIpc) is 2.93. The van der Waals surface area contributed by atoms with E-state index >= 15 is 0 Å². The summed E-state index contributed by atoms with van der Waals surface area (Å²) in [7, 11) is 0. The Balaban J connectivity index is 1.74. The van der Waals surface area contributed by atoms with Gasteiger partial charge >= 0.3 is 5.97 Å². The molecule has 0 spiro atoms. The molecule has 3 aromatic rings. The largest absolute Gasteiger partial charge is 0.464 e. The topological polar surface area (TPSA) is 63.7 Å². The molecule has 0 aliphatic carbocycles. The molecule has 2 aromatic carbocycles. The SMILES string of the molecule is CCOC(=O)[C@@H](OC(C)(C)C)c1c(C)nc(C)c(-c2ccc(NCCc3ccc(F)cc3)cc2)c1N1CCC(C)(C)CC1. The molecular weight excluding hydrogens is 541 g/mol. The summed E-state index contributed by atoms with van der Waals surface area (Å²) < 4.78 is 25.3. The molecule has 0 radical (unpaired) electrons. The second kappa shape index (κ2) is 13.5. The highest BCUT2D eigenvalue weighted by molar-refractivity contribution is 5.88. The number of aromatic nitrogens is 1. The molecule has 1 saturated heterocycles. The highest BCUT2D eigenvalue weighted by Crippen LogP contribution is 2.45. The minimum absolute atomic E-state index is 0.220. The number of piperidine rings is 1. The lowest BCUT2D eigenvalue weighted by molar-refractivity contribution is -0.166. The highest BCUT2D eigenvalue weighted by atomic mass is 19.1. The van der Waals surface area contributed by atoms with Gasteiger partial charge in [0.1, 0.15) is 5.82 Å². The van der Waals surface area contributed by atoms with E-state index in [2.05, 4.69) is 48.3 Å². The number of anilines is 2. The van der Waals surface area contributed by atoms with E-state index in [4.69, 9.17) is 14.5 Å². The van der Waals surface area contributed by atoms with E-state index in [9.17, 15) is 9.18 Å². The summed E-state index contributed by atoms with van der Waals surface area (Å²) in [6.07, 6.45) is 2.00. The Bertz CT molecular complexity index is 1390. The van der Waals surface area contributed by atoms with Crippen LogP contribution in [0.25, 0.3) is 11.1 Å². The number of hydrogen-bond donors (Lipinski definition) is 1. The number of benzene rings is 2. The van der Waals surface area contributed by atoms with E-state index in [1.807, 2.05) is 53.7 Å². The van der Waals surface area contributed by atoms with Gasteiger partial charge in [0.2, 0.25) is 0 Å². The molecule has 1 aliphatic heterocycles. The van der Waals surface area contributed by atoms with Crippen LogP contribution < -0.4 is 10.2 Å². The number of esters is 1. The van der Waals surface area contributed by atoms with Crippen LogP contribution in [0.3, 0.4) is 0 Å². The molecule has 1 N–H and O–H groups in total. The molecule has 0 bridgehead atoms. The quantitative estimate of drug-likeness (QED) is 0.241. The monoisotopic (exact) mass is 589 g/mol. The Morgan fingerprint density at radius 2 is 1.65 bits per heavy atom. The van der Waals surface area contributed by atoms with Crippen LogP contribution in [0.5, 0.6) is 0 Å². The van der Waals surface area contributed by atoms with Gasteiger partial charge in [-0.15, -0.1) is 0 Å². The van der Waals surface area contributed by atoms with Gasteiger partial charge in [0, 0.05) is 47.8 Å². The van der Waals surface area contributed by atoms with Crippen LogP contribution in [0.1, 0.15) is 83.0 Å². The molecule has 2 heterocycles. The van der Waals surface area contributed by atoms with Gasteiger partial charge in [-0.05, 0) is 102 Å². The molecule has 1 atom stereocenters. The Kier molecular flexibility index (Phi) is 10.2. The van der Waals surface area contributed by atoms with Crippen LogP contribution in [0.2, 0.25) is 0 Å². The summed E-state index contributed by atoms with van der Waals surface area (Å²) >= 11 is 0. The predicted molar refractivity (Wildman–Crippen MR) is 173 cm³/mol. The van der Waals surface area contributed by atoms with Crippen LogP contribution >= 0.6 is 0 Å². The van der Waals surface area contributed by atoms with Gasteiger partial charge in [0.25, 0.3) is 0 Å². The fourth-order valence-corrected chi connectivity index (χ4v) is 5.72. The molecule has 0 saturated carbocycles. The number of carbonyl (C=O) groups excluding carboxylic acids is 1. The molecule has 43 heavy (non-hydrogen) atoms. The van der Waals surface area contributed by atoms with E-state index in [1.165, 1.54) is 12.1 Å². The van der Waals surface area contributed by atoms with Crippen LogP contribution in [-0.4, -0.2) is 42.8 Å². The van der Waals surface area contributed by atoms with Crippen molar-refractivity contribution in [1.29, 1.82) is 0 Å². The van der Waals surface area contributed by atoms with Crippen molar-refractivity contribution in [1.82, 2.24) is 4.98 Å². The van der Waals surface area contributed by atoms with Gasteiger partial charge in [0.15, 0.2) is 6.10 Å². The third-order valence-electron chi connectivity index (χ3n) is 8.08. The number of halogens is 1. The van der Waals surface area contributed by atoms with Crippen molar-refractivity contribution in [2.24, 2.45) is 5.41 Å². The van der Waals surface area contributed by atoms with Crippen molar-refractivity contribution in [2.75, 3.05) is 36.5 Å². The summed E-state index contributed by atoms with van der Waals surface area (Å²) in [4.78, 5) is 20.9. The van der Waals surface area contributed by atoms with Gasteiger partial charge in [-0.25, -0.2) is 9.18 Å². The second-order valence-corrected chi connectivity index (χ2v) is 13.3. The van der Waals surface area contributed by atoms with Gasteiger partial charge in [-0.2, -0.15) is 0 Å². The zero-order chi connectivity index (χ0) is 31.4. The molecule has 7 heteroatoms. The zero-order valence-electron chi connectivity index (χ0n) is 27.1. The van der Waals surface area contributed by atoms with Crippen molar-refractivity contribution >= 4 is 17.3 Å². The Hall–Kier alpha value is -3.45. The van der Waals surface area contributed by atoms with Gasteiger partial charge < -0.3 is 19.7 Å².